The van der Waals surface area contributed by atoms with E-state index in [-0.39, 0.29) is 48.9 Å². The van der Waals surface area contributed by atoms with Gasteiger partial charge in [0.2, 0.25) is 5.91 Å². The Hall–Kier alpha value is -2.61. The van der Waals surface area contributed by atoms with E-state index in [4.69, 9.17) is 4.74 Å². The lowest BCUT2D eigenvalue weighted by molar-refractivity contribution is -0.135. The number of ether oxygens (including phenoxy) is 1. The minimum Gasteiger partial charge on any atom is -0.491 e. The molecule has 0 bridgehead atoms. The Kier molecular flexibility index (Phi) is 8.72. The molecular weight excluding hydrogens is 441 g/mol. The quantitative estimate of drug-likeness (QED) is 0.564. The number of carbonyl (C=O) groups excluding carboxylic acids is 2. The highest BCUT2D eigenvalue weighted by Gasteiger charge is 2.33. The standard InChI is InChI=1S/C25H34FN3O3S/c1-5-18(4)14-28(25(31)27-17(2)3)15-24(30)29-11-9-23-21(10-12-33-23)22(29)16-32-20-8-6-7-19(26)13-20/h6-8,10,12-13,17-18,22H,5,9,11,14-16H2,1-4H3,(H,27,31)/t18-,22-/m1/s1. The fourth-order valence-electron chi connectivity index (χ4n) is 3.92. The van der Waals surface area contributed by atoms with Crippen LogP contribution in [0.25, 0.3) is 0 Å². The minimum absolute atomic E-state index is 0.0113. The van der Waals surface area contributed by atoms with Crippen LogP contribution in [0.5, 0.6) is 5.75 Å². The molecule has 0 saturated heterocycles. The fraction of sp³-hybridized carbons (Fsp3) is 0.520. The van der Waals surface area contributed by atoms with Gasteiger partial charge < -0.3 is 19.9 Å². The van der Waals surface area contributed by atoms with Gasteiger partial charge in [0.1, 0.15) is 24.7 Å². The first-order chi connectivity index (χ1) is 15.8. The summed E-state index contributed by atoms with van der Waals surface area (Å²) in [5.74, 6) is 0.242. The Bertz CT molecular complexity index is 948. The number of halogens is 1. The molecule has 2 heterocycles. The van der Waals surface area contributed by atoms with Crippen LogP contribution in [0.2, 0.25) is 0 Å². The molecule has 1 N–H and O–H groups in total. The van der Waals surface area contributed by atoms with Gasteiger partial charge in [-0.15, -0.1) is 11.3 Å². The van der Waals surface area contributed by atoms with Gasteiger partial charge >= 0.3 is 6.03 Å². The molecule has 0 unspecified atom stereocenters. The molecule has 0 aliphatic carbocycles. The van der Waals surface area contributed by atoms with Gasteiger partial charge in [-0.1, -0.05) is 26.3 Å². The molecule has 1 aliphatic rings. The minimum atomic E-state index is -0.364. The van der Waals surface area contributed by atoms with Crippen molar-refractivity contribution in [2.75, 3.05) is 26.2 Å². The third kappa shape index (κ3) is 6.69. The second-order valence-electron chi connectivity index (χ2n) is 8.92. The first-order valence-corrected chi connectivity index (χ1v) is 12.5. The summed E-state index contributed by atoms with van der Waals surface area (Å²) in [5.41, 5.74) is 1.07. The van der Waals surface area contributed by atoms with Crippen LogP contribution in [0.3, 0.4) is 0 Å². The fourth-order valence-corrected chi connectivity index (χ4v) is 4.85. The van der Waals surface area contributed by atoms with Crippen LogP contribution in [-0.4, -0.2) is 54.0 Å². The summed E-state index contributed by atoms with van der Waals surface area (Å²) in [4.78, 5) is 30.9. The number of hydrogen-bond acceptors (Lipinski definition) is 4. The van der Waals surface area contributed by atoms with Gasteiger partial charge in [0.05, 0.1) is 6.04 Å². The Morgan fingerprint density at radius 2 is 2.09 bits per heavy atom. The van der Waals surface area contributed by atoms with E-state index in [2.05, 4.69) is 19.2 Å². The van der Waals surface area contributed by atoms with Gasteiger partial charge in [-0.05, 0) is 55.3 Å². The Labute approximate surface area is 199 Å². The number of nitrogens with one attached hydrogen (secondary N) is 1. The predicted molar refractivity (Wildman–Crippen MR) is 129 cm³/mol. The summed E-state index contributed by atoms with van der Waals surface area (Å²) in [6, 6.07) is 7.53. The Balaban J connectivity index is 1.77. The van der Waals surface area contributed by atoms with Crippen molar-refractivity contribution in [3.05, 3.63) is 52.0 Å². The molecule has 1 aromatic heterocycles. The molecule has 1 aromatic carbocycles. The number of fused-ring (bicyclic) bond motifs is 1. The maximum absolute atomic E-state index is 13.6. The molecule has 0 fully saturated rings. The van der Waals surface area contributed by atoms with Crippen LogP contribution in [0, 0.1) is 11.7 Å². The van der Waals surface area contributed by atoms with E-state index in [1.165, 1.54) is 17.0 Å². The summed E-state index contributed by atoms with van der Waals surface area (Å²) in [7, 11) is 0. The van der Waals surface area contributed by atoms with E-state index in [1.54, 1.807) is 33.3 Å². The van der Waals surface area contributed by atoms with Crippen molar-refractivity contribution in [1.29, 1.82) is 0 Å². The molecule has 6 nitrogen and oxygen atoms in total. The second-order valence-corrected chi connectivity index (χ2v) is 9.92. The summed E-state index contributed by atoms with van der Waals surface area (Å²) < 4.78 is 19.5. The summed E-state index contributed by atoms with van der Waals surface area (Å²) >= 11 is 1.68. The lowest BCUT2D eigenvalue weighted by Gasteiger charge is -2.37. The average molecular weight is 476 g/mol. The van der Waals surface area contributed by atoms with Gasteiger partial charge in [-0.25, -0.2) is 9.18 Å². The second kappa shape index (κ2) is 11.5. The highest BCUT2D eigenvalue weighted by atomic mass is 32.1. The molecular formula is C25H34FN3O3S. The lowest BCUT2D eigenvalue weighted by Crippen LogP contribution is -2.51. The number of carbonyl (C=O) groups is 2. The van der Waals surface area contributed by atoms with Gasteiger partial charge in [0.25, 0.3) is 0 Å². The van der Waals surface area contributed by atoms with E-state index in [0.717, 1.165) is 18.4 Å². The summed E-state index contributed by atoms with van der Waals surface area (Å²) in [6.45, 7) is 9.28. The molecule has 0 spiro atoms. The maximum Gasteiger partial charge on any atom is 0.318 e. The number of benzene rings is 1. The van der Waals surface area contributed by atoms with Crippen LogP contribution in [0.4, 0.5) is 9.18 Å². The average Bonchev–Trinajstić information content (AvgIpc) is 3.25. The monoisotopic (exact) mass is 475 g/mol. The smallest absolute Gasteiger partial charge is 0.318 e. The number of hydrogen-bond donors (Lipinski definition) is 1. The number of rotatable bonds is 9. The van der Waals surface area contributed by atoms with Crippen LogP contribution < -0.4 is 10.1 Å². The molecule has 33 heavy (non-hydrogen) atoms. The van der Waals surface area contributed by atoms with Crippen molar-refractivity contribution in [3.63, 3.8) is 0 Å². The highest BCUT2D eigenvalue weighted by molar-refractivity contribution is 7.10. The van der Waals surface area contributed by atoms with Crippen LogP contribution in [-0.2, 0) is 11.2 Å². The van der Waals surface area contributed by atoms with E-state index in [1.807, 2.05) is 25.3 Å². The zero-order valence-corrected chi connectivity index (χ0v) is 20.7. The Morgan fingerprint density at radius 1 is 1.30 bits per heavy atom. The SMILES string of the molecule is CC[C@@H](C)CN(CC(=O)N1CCc2sccc2[C@H]1COc1cccc(F)c1)C(=O)NC(C)C. The van der Waals surface area contributed by atoms with Crippen LogP contribution >= 0.6 is 11.3 Å². The van der Waals surface area contributed by atoms with Gasteiger partial charge in [-0.3, -0.25) is 4.79 Å². The molecule has 180 valence electrons. The van der Waals surface area contributed by atoms with Crippen molar-refractivity contribution < 1.29 is 18.7 Å². The maximum atomic E-state index is 13.6. The van der Waals surface area contributed by atoms with Gasteiger partial charge in [0.15, 0.2) is 0 Å². The Morgan fingerprint density at radius 3 is 2.79 bits per heavy atom. The van der Waals surface area contributed by atoms with Crippen molar-refractivity contribution >= 4 is 23.3 Å². The van der Waals surface area contributed by atoms with Gasteiger partial charge in [-0.2, -0.15) is 0 Å². The molecule has 1 aliphatic heterocycles. The number of urea groups is 1. The van der Waals surface area contributed by atoms with Crippen LogP contribution in [0.15, 0.2) is 35.7 Å². The van der Waals surface area contributed by atoms with E-state index < -0.39 is 0 Å². The molecule has 2 atom stereocenters. The van der Waals surface area contributed by atoms with Crippen molar-refractivity contribution in [1.82, 2.24) is 15.1 Å². The number of nitrogens with zero attached hydrogens (tertiary/aromatic N) is 2. The molecule has 2 aromatic rings. The summed E-state index contributed by atoms with van der Waals surface area (Å²) in [6.07, 6.45) is 1.70. The third-order valence-corrected chi connectivity index (χ3v) is 6.87. The molecule has 0 saturated carbocycles. The zero-order chi connectivity index (χ0) is 24.0. The van der Waals surface area contributed by atoms with E-state index >= 15 is 0 Å². The number of thiophene rings is 1. The van der Waals surface area contributed by atoms with E-state index in [0.29, 0.717) is 18.8 Å². The summed E-state index contributed by atoms with van der Waals surface area (Å²) in [5, 5.41) is 4.94. The van der Waals surface area contributed by atoms with Gasteiger partial charge in [0, 0.05) is 30.1 Å². The molecule has 3 amide bonds. The zero-order valence-electron chi connectivity index (χ0n) is 19.8. The topological polar surface area (TPSA) is 61.9 Å². The molecule has 8 heteroatoms. The largest absolute Gasteiger partial charge is 0.491 e. The molecule has 0 radical (unpaired) electrons. The third-order valence-electron chi connectivity index (χ3n) is 5.87. The molecule has 3 rings (SSSR count). The first-order valence-electron chi connectivity index (χ1n) is 11.6. The normalized spacial score (nSPS) is 16.3. The number of amides is 3. The van der Waals surface area contributed by atoms with E-state index in [9.17, 15) is 14.0 Å². The van der Waals surface area contributed by atoms with Crippen LogP contribution in [0.1, 0.15) is 50.6 Å². The van der Waals surface area contributed by atoms with Crippen molar-refractivity contribution in [2.24, 2.45) is 5.92 Å². The van der Waals surface area contributed by atoms with Crippen molar-refractivity contribution in [2.45, 2.75) is 52.6 Å². The highest BCUT2D eigenvalue weighted by Crippen LogP contribution is 2.34. The first kappa shape index (κ1) is 25.0. The van der Waals surface area contributed by atoms with Crippen molar-refractivity contribution in [3.8, 4) is 5.75 Å². The lowest BCUT2D eigenvalue weighted by atomic mass is 10.00. The predicted octanol–water partition coefficient (Wildman–Crippen LogP) is 4.86.